The minimum atomic E-state index is -0.593. The molecular formula is C21H39N3O4. The smallest absolute Gasteiger partial charge is 0.323 e. The summed E-state index contributed by atoms with van der Waals surface area (Å²) < 4.78 is 5.53. The third kappa shape index (κ3) is 7.08. The summed E-state index contributed by atoms with van der Waals surface area (Å²) in [6.07, 6.45) is 3.14. The van der Waals surface area contributed by atoms with Gasteiger partial charge in [0, 0.05) is 33.1 Å². The summed E-state index contributed by atoms with van der Waals surface area (Å²) in [6, 6.07) is -1.09. The van der Waals surface area contributed by atoms with E-state index < -0.39 is 17.6 Å². The van der Waals surface area contributed by atoms with Crippen LogP contribution in [0.4, 0.5) is 0 Å². The van der Waals surface area contributed by atoms with E-state index in [2.05, 4.69) is 24.5 Å². The van der Waals surface area contributed by atoms with Crippen molar-refractivity contribution in [2.75, 3.05) is 14.1 Å². The van der Waals surface area contributed by atoms with Crippen LogP contribution in [-0.2, 0) is 19.1 Å². The maximum Gasteiger partial charge on any atom is 0.323 e. The molecule has 1 rings (SSSR count). The number of esters is 1. The fourth-order valence-electron chi connectivity index (χ4n) is 3.87. The Hall–Kier alpha value is -1.63. The molecule has 162 valence electrons. The average Bonchev–Trinajstić information content (AvgIpc) is 3.01. The largest absolute Gasteiger partial charge is 0.459 e. The Labute approximate surface area is 169 Å². The van der Waals surface area contributed by atoms with E-state index in [1.807, 2.05) is 20.8 Å². The summed E-state index contributed by atoms with van der Waals surface area (Å²) in [5, 5.41) is 6.35. The summed E-state index contributed by atoms with van der Waals surface area (Å²) in [4.78, 5) is 38.9. The van der Waals surface area contributed by atoms with Crippen LogP contribution in [0, 0.1) is 11.8 Å². The van der Waals surface area contributed by atoms with Gasteiger partial charge in [-0.1, -0.05) is 26.7 Å². The molecule has 0 aromatic rings. The van der Waals surface area contributed by atoms with Crippen LogP contribution in [0.3, 0.4) is 0 Å². The first-order valence-electron chi connectivity index (χ1n) is 10.4. The number of ether oxygens (including phenoxy) is 1. The summed E-state index contributed by atoms with van der Waals surface area (Å²) in [5.74, 6) is -0.471. The maximum absolute atomic E-state index is 12.8. The molecule has 0 aromatic carbocycles. The van der Waals surface area contributed by atoms with Crippen LogP contribution >= 0.6 is 0 Å². The summed E-state index contributed by atoms with van der Waals surface area (Å²) >= 11 is 0. The highest BCUT2D eigenvalue weighted by Gasteiger charge is 2.46. The lowest BCUT2D eigenvalue weighted by atomic mass is 9.85. The van der Waals surface area contributed by atoms with Crippen LogP contribution < -0.4 is 10.6 Å². The Morgan fingerprint density at radius 3 is 2.18 bits per heavy atom. The van der Waals surface area contributed by atoms with Crippen molar-refractivity contribution in [3.8, 4) is 0 Å². The number of rotatable bonds is 8. The maximum atomic E-state index is 12.8. The number of nitrogens with one attached hydrogen (secondary N) is 2. The van der Waals surface area contributed by atoms with Gasteiger partial charge >= 0.3 is 5.97 Å². The molecule has 28 heavy (non-hydrogen) atoms. The molecule has 1 saturated heterocycles. The van der Waals surface area contributed by atoms with E-state index in [0.29, 0.717) is 12.3 Å². The van der Waals surface area contributed by atoms with Gasteiger partial charge in [0.05, 0.1) is 5.92 Å². The van der Waals surface area contributed by atoms with Crippen molar-refractivity contribution in [2.24, 2.45) is 11.8 Å². The Kier molecular flexibility index (Phi) is 8.92. The van der Waals surface area contributed by atoms with Crippen molar-refractivity contribution in [3.05, 3.63) is 0 Å². The zero-order valence-electron chi connectivity index (χ0n) is 18.8. The van der Waals surface area contributed by atoms with Crippen LogP contribution in [0.25, 0.3) is 0 Å². The second-order valence-electron chi connectivity index (χ2n) is 9.08. The van der Waals surface area contributed by atoms with Gasteiger partial charge in [-0.05, 0) is 39.5 Å². The Morgan fingerprint density at radius 1 is 1.18 bits per heavy atom. The lowest BCUT2D eigenvalue weighted by Gasteiger charge is -2.32. The number of amides is 2. The van der Waals surface area contributed by atoms with Gasteiger partial charge in [0.15, 0.2) is 0 Å². The van der Waals surface area contributed by atoms with Crippen LogP contribution in [0.2, 0.25) is 0 Å². The van der Waals surface area contributed by atoms with Crippen molar-refractivity contribution in [1.82, 2.24) is 15.5 Å². The van der Waals surface area contributed by atoms with Crippen LogP contribution in [-0.4, -0.2) is 60.5 Å². The zero-order chi connectivity index (χ0) is 21.6. The molecule has 4 atom stereocenters. The molecule has 0 bridgehead atoms. The van der Waals surface area contributed by atoms with E-state index in [4.69, 9.17) is 4.74 Å². The Balaban J connectivity index is 3.12. The second-order valence-corrected chi connectivity index (χ2v) is 9.08. The molecule has 0 radical (unpaired) electrons. The molecule has 0 saturated carbocycles. The zero-order valence-corrected chi connectivity index (χ0v) is 18.8. The molecule has 2 amide bonds. The van der Waals surface area contributed by atoms with Crippen molar-refractivity contribution in [1.29, 1.82) is 0 Å². The molecule has 1 aliphatic heterocycles. The number of carbonyl (C=O) groups excluding carboxylic acids is 3. The summed E-state index contributed by atoms with van der Waals surface area (Å²) in [5.41, 5.74) is -0.593. The second kappa shape index (κ2) is 10.2. The van der Waals surface area contributed by atoms with Crippen molar-refractivity contribution >= 4 is 17.8 Å². The van der Waals surface area contributed by atoms with Gasteiger partial charge in [-0.25, -0.2) is 0 Å². The molecule has 7 heteroatoms. The SMILES string of the molecule is CCC(CC)C[C@H](NC(C)=O)[C@@H]1NC(C(=O)OC(C)(C)C)C[C@H]1C(=O)N(C)C. The van der Waals surface area contributed by atoms with Gasteiger partial charge in [-0.15, -0.1) is 0 Å². The van der Waals surface area contributed by atoms with Crippen LogP contribution in [0.1, 0.15) is 67.2 Å². The highest BCUT2D eigenvalue weighted by Crippen LogP contribution is 2.30. The molecule has 0 spiro atoms. The van der Waals surface area contributed by atoms with E-state index in [9.17, 15) is 14.4 Å². The predicted octanol–water partition coefficient (Wildman–Crippen LogP) is 2.09. The molecule has 0 aromatic heterocycles. The lowest BCUT2D eigenvalue weighted by Crippen LogP contribution is -2.54. The van der Waals surface area contributed by atoms with Gasteiger partial charge < -0.3 is 15.0 Å². The van der Waals surface area contributed by atoms with Crippen LogP contribution in [0.15, 0.2) is 0 Å². The average molecular weight is 398 g/mol. The highest BCUT2D eigenvalue weighted by molar-refractivity contribution is 5.83. The molecule has 0 aliphatic carbocycles. The molecule has 1 aliphatic rings. The highest BCUT2D eigenvalue weighted by atomic mass is 16.6. The molecule has 1 heterocycles. The normalized spacial score (nSPS) is 23.4. The van der Waals surface area contributed by atoms with Gasteiger partial charge in [-0.3, -0.25) is 19.7 Å². The third-order valence-electron chi connectivity index (χ3n) is 5.33. The third-order valence-corrected chi connectivity index (χ3v) is 5.33. The number of nitrogens with zero attached hydrogens (tertiary/aromatic N) is 1. The predicted molar refractivity (Wildman–Crippen MR) is 110 cm³/mol. The number of carbonyl (C=O) groups is 3. The summed E-state index contributed by atoms with van der Waals surface area (Å²) in [6.45, 7) is 11.2. The lowest BCUT2D eigenvalue weighted by molar-refractivity contribution is -0.157. The van der Waals surface area contributed by atoms with Crippen molar-refractivity contribution in [2.45, 2.75) is 91.0 Å². The van der Waals surface area contributed by atoms with E-state index in [1.165, 1.54) is 6.92 Å². The van der Waals surface area contributed by atoms with Crippen molar-refractivity contribution < 1.29 is 19.1 Å². The summed E-state index contributed by atoms with van der Waals surface area (Å²) in [7, 11) is 3.43. The minimum absolute atomic E-state index is 0.0385. The van der Waals surface area contributed by atoms with E-state index >= 15 is 0 Å². The van der Waals surface area contributed by atoms with Crippen molar-refractivity contribution in [3.63, 3.8) is 0 Å². The molecule has 7 nitrogen and oxygen atoms in total. The van der Waals surface area contributed by atoms with Gasteiger partial charge in [0.2, 0.25) is 11.8 Å². The first-order chi connectivity index (χ1) is 12.9. The van der Waals surface area contributed by atoms with Gasteiger partial charge in [0.1, 0.15) is 11.6 Å². The monoisotopic (exact) mass is 397 g/mol. The quantitative estimate of drug-likeness (QED) is 0.613. The Morgan fingerprint density at radius 2 is 1.75 bits per heavy atom. The van der Waals surface area contributed by atoms with Gasteiger partial charge in [-0.2, -0.15) is 0 Å². The molecule has 1 unspecified atom stereocenters. The molecule has 1 fully saturated rings. The molecule has 2 N–H and O–H groups in total. The number of hydrogen-bond donors (Lipinski definition) is 2. The molecular weight excluding hydrogens is 358 g/mol. The van der Waals surface area contributed by atoms with E-state index in [1.54, 1.807) is 19.0 Å². The standard InChI is InChI=1S/C21H39N3O4/c1-9-14(10-2)11-16(22-13(3)25)18-15(19(26)24(7)8)12-17(23-18)20(27)28-21(4,5)6/h14-18,23H,9-12H2,1-8H3,(H,22,25)/t15-,16+,17?,18-/m1/s1. The van der Waals surface area contributed by atoms with E-state index in [-0.39, 0.29) is 29.9 Å². The van der Waals surface area contributed by atoms with Gasteiger partial charge in [0.25, 0.3) is 0 Å². The Bertz CT molecular complexity index is 552. The van der Waals surface area contributed by atoms with E-state index in [0.717, 1.165) is 19.3 Å². The minimum Gasteiger partial charge on any atom is -0.459 e. The first kappa shape index (κ1) is 24.4. The fraction of sp³-hybridized carbons (Fsp3) is 0.857. The van der Waals surface area contributed by atoms with Crippen LogP contribution in [0.5, 0.6) is 0 Å². The first-order valence-corrected chi connectivity index (χ1v) is 10.4. The topological polar surface area (TPSA) is 87.7 Å². The number of hydrogen-bond acceptors (Lipinski definition) is 5. The fourth-order valence-corrected chi connectivity index (χ4v) is 3.87.